The molecular formula is C93H57N11S2. The largest absolute Gasteiger partial charge is 0.243 e. The minimum Gasteiger partial charge on any atom is -0.243 e. The minimum absolute atomic E-state index is 0.626. The lowest BCUT2D eigenvalue weighted by atomic mass is 9.99. The van der Waals surface area contributed by atoms with Crippen LogP contribution in [0.15, 0.2) is 346 Å². The Morgan fingerprint density at radius 1 is 0.198 bits per heavy atom. The first kappa shape index (κ1) is 63.1. The van der Waals surface area contributed by atoms with Gasteiger partial charge in [0, 0.05) is 59.8 Å². The van der Waals surface area contributed by atoms with E-state index in [1.807, 2.05) is 115 Å². The Labute approximate surface area is 617 Å². The number of fused-ring (bicyclic) bond motifs is 8. The van der Waals surface area contributed by atoms with Gasteiger partial charge in [-0.1, -0.05) is 309 Å². The van der Waals surface area contributed by atoms with E-state index in [2.05, 4.69) is 229 Å². The van der Waals surface area contributed by atoms with Crippen LogP contribution in [0.3, 0.4) is 0 Å². The Bertz CT molecular complexity index is 6630. The smallest absolute Gasteiger partial charge is 0.164 e. The Hall–Kier alpha value is -13.9. The van der Waals surface area contributed by atoms with Gasteiger partial charge >= 0.3 is 0 Å². The van der Waals surface area contributed by atoms with Crippen LogP contribution in [0.5, 0.6) is 0 Å². The highest BCUT2D eigenvalue weighted by Gasteiger charge is 2.19. The van der Waals surface area contributed by atoms with Crippen LogP contribution >= 0.6 is 22.7 Å². The van der Waals surface area contributed by atoms with Gasteiger partial charge in [-0.3, -0.25) is 0 Å². The van der Waals surface area contributed by atoms with Crippen molar-refractivity contribution in [1.82, 2.24) is 54.8 Å². The monoisotopic (exact) mass is 1390 g/mol. The number of hydrogen-bond donors (Lipinski definition) is 0. The molecule has 11 nitrogen and oxygen atoms in total. The van der Waals surface area contributed by atoms with Gasteiger partial charge in [0.15, 0.2) is 34.9 Å². The van der Waals surface area contributed by atoms with Gasteiger partial charge in [0.2, 0.25) is 0 Å². The standard InChI is InChI=1S/C47H29N5S.C46H28N6S/c1-3-9-30(10-4-1)31-19-23-36(24-20-31)45-50-44(35-11-5-2-6-12-35)51-46(52-45)37-25-21-33(22-26-37)32-15-17-34(18-16-32)38-27-28-39-42(29-38)53-47-43(39)48-40-13-7-8-14-41(40)49-47;1-3-9-29(10-4-1)30-17-23-35(24-18-30)44-50-43(34-11-5-2-6-12-34)51-45(52-44)36-25-19-32(20-26-36)31-15-21-33(22-16-31)40-42-41(48-28-47-40)38-27-37-13-7-8-14-39(37)49-46(38)53-42/h1-29H;1-28H. The molecule has 0 spiro atoms. The zero-order valence-electron chi connectivity index (χ0n) is 56.6. The molecule has 20 rings (SSSR count). The summed E-state index contributed by atoms with van der Waals surface area (Å²) in [7, 11) is 0. The van der Waals surface area contributed by atoms with Crippen molar-refractivity contribution in [2.75, 3.05) is 0 Å². The molecule has 496 valence electrons. The fourth-order valence-corrected chi connectivity index (χ4v) is 15.7. The number of thiophene rings is 2. The number of rotatable bonds is 12. The summed E-state index contributed by atoms with van der Waals surface area (Å²) in [6.45, 7) is 0. The zero-order valence-corrected chi connectivity index (χ0v) is 58.3. The van der Waals surface area contributed by atoms with Crippen molar-refractivity contribution in [3.8, 4) is 135 Å². The molecule has 7 aromatic heterocycles. The van der Waals surface area contributed by atoms with E-state index in [0.29, 0.717) is 34.9 Å². The van der Waals surface area contributed by atoms with Crippen molar-refractivity contribution in [3.63, 3.8) is 0 Å². The van der Waals surface area contributed by atoms with E-state index in [1.165, 1.54) is 27.0 Å². The van der Waals surface area contributed by atoms with Crippen molar-refractivity contribution in [2.45, 2.75) is 0 Å². The third-order valence-corrected chi connectivity index (χ3v) is 21.2. The summed E-state index contributed by atoms with van der Waals surface area (Å²) in [5, 5.41) is 3.31. The van der Waals surface area contributed by atoms with Crippen LogP contribution in [0.1, 0.15) is 0 Å². The number of para-hydroxylation sites is 3. The van der Waals surface area contributed by atoms with Gasteiger partial charge in [-0.05, 0) is 86.0 Å². The van der Waals surface area contributed by atoms with Crippen LogP contribution in [-0.4, -0.2) is 54.8 Å². The molecule has 0 aliphatic rings. The van der Waals surface area contributed by atoms with E-state index in [0.717, 1.165) is 136 Å². The molecule has 0 unspecified atom stereocenters. The van der Waals surface area contributed by atoms with Crippen LogP contribution in [0, 0.1) is 0 Å². The number of aromatic nitrogens is 11. The van der Waals surface area contributed by atoms with Crippen molar-refractivity contribution in [1.29, 1.82) is 0 Å². The molecule has 0 bridgehead atoms. The summed E-state index contributed by atoms with van der Waals surface area (Å²) < 4.78 is 2.23. The molecule has 0 atom stereocenters. The number of benzene rings is 13. The van der Waals surface area contributed by atoms with Crippen molar-refractivity contribution >= 4 is 85.5 Å². The minimum atomic E-state index is 0.626. The molecule has 0 fully saturated rings. The third-order valence-electron chi connectivity index (χ3n) is 19.1. The molecule has 0 saturated heterocycles. The quantitative estimate of drug-likeness (QED) is 0.115. The second kappa shape index (κ2) is 27.5. The van der Waals surface area contributed by atoms with Gasteiger partial charge in [0.25, 0.3) is 0 Å². The first-order chi connectivity index (χ1) is 52.4. The summed E-state index contributed by atoms with van der Waals surface area (Å²) in [6, 6.07) is 117. The Morgan fingerprint density at radius 3 is 0.953 bits per heavy atom. The molecule has 106 heavy (non-hydrogen) atoms. The van der Waals surface area contributed by atoms with Gasteiger partial charge in [-0.15, -0.1) is 22.7 Å². The topological polar surface area (TPSA) is 142 Å². The van der Waals surface area contributed by atoms with E-state index in [4.69, 9.17) is 49.8 Å². The summed E-state index contributed by atoms with van der Waals surface area (Å²) in [6.07, 6.45) is 1.65. The average molecular weight is 1390 g/mol. The fourth-order valence-electron chi connectivity index (χ4n) is 13.5. The van der Waals surface area contributed by atoms with Crippen LogP contribution in [0.4, 0.5) is 0 Å². The lowest BCUT2D eigenvalue weighted by Gasteiger charge is -2.10. The molecule has 0 saturated carbocycles. The first-order valence-electron chi connectivity index (χ1n) is 34.8. The number of pyridine rings is 1. The second-order valence-corrected chi connectivity index (χ2v) is 27.8. The second-order valence-electron chi connectivity index (χ2n) is 25.8. The predicted molar refractivity (Wildman–Crippen MR) is 435 cm³/mol. The van der Waals surface area contributed by atoms with Gasteiger partial charge in [0.05, 0.1) is 32.5 Å². The predicted octanol–water partition coefficient (Wildman–Crippen LogP) is 23.8. The molecule has 0 N–H and O–H groups in total. The van der Waals surface area contributed by atoms with Crippen molar-refractivity contribution < 1.29 is 0 Å². The first-order valence-corrected chi connectivity index (χ1v) is 36.5. The molecule has 0 amide bonds. The van der Waals surface area contributed by atoms with E-state index in [-0.39, 0.29) is 0 Å². The summed E-state index contributed by atoms with van der Waals surface area (Å²) >= 11 is 3.34. The molecular weight excluding hydrogens is 1340 g/mol. The highest BCUT2D eigenvalue weighted by molar-refractivity contribution is 7.26. The van der Waals surface area contributed by atoms with E-state index in [9.17, 15) is 0 Å². The summed E-state index contributed by atoms with van der Waals surface area (Å²) in [5.74, 6) is 3.82. The third kappa shape index (κ3) is 12.5. The maximum Gasteiger partial charge on any atom is 0.164 e. The van der Waals surface area contributed by atoms with Crippen LogP contribution in [-0.2, 0) is 0 Å². The van der Waals surface area contributed by atoms with Crippen molar-refractivity contribution in [3.05, 3.63) is 346 Å². The Morgan fingerprint density at radius 2 is 0.519 bits per heavy atom. The van der Waals surface area contributed by atoms with Crippen LogP contribution < -0.4 is 0 Å². The maximum absolute atomic E-state index is 4.97. The van der Waals surface area contributed by atoms with Crippen LogP contribution in [0.25, 0.3) is 198 Å². The normalized spacial score (nSPS) is 11.4. The maximum atomic E-state index is 4.97. The van der Waals surface area contributed by atoms with E-state index < -0.39 is 0 Å². The molecule has 13 aromatic carbocycles. The zero-order chi connectivity index (χ0) is 70.3. The number of hydrogen-bond acceptors (Lipinski definition) is 13. The molecule has 0 aliphatic heterocycles. The van der Waals surface area contributed by atoms with Gasteiger partial charge < -0.3 is 0 Å². The highest BCUT2D eigenvalue weighted by atomic mass is 32.1. The number of nitrogens with zero attached hydrogens (tertiary/aromatic N) is 11. The fraction of sp³-hybridized carbons (Fsp3) is 0. The molecule has 20 aromatic rings. The lowest BCUT2D eigenvalue weighted by Crippen LogP contribution is -2.00. The Balaban J connectivity index is 0.000000145. The highest BCUT2D eigenvalue weighted by Crippen LogP contribution is 2.41. The molecule has 7 heterocycles. The van der Waals surface area contributed by atoms with Gasteiger partial charge in [0.1, 0.15) is 21.5 Å². The van der Waals surface area contributed by atoms with E-state index in [1.54, 1.807) is 29.0 Å². The SMILES string of the molecule is c1ccc(-c2ccc(-c3nc(-c4ccccc4)nc(-c4ccc(-c5ccc(-c6ccc7c(c6)sc6nc8ccccc8nc67)cc5)cc4)n3)cc2)cc1.c1ccc(-c2ccc(-c3nc(-c4ccccc4)nc(-c4ccc(-c5ccc(-c6ncnc7c6sc6nc8ccccc8cc67)cc5)cc4)n3)cc2)cc1. The summed E-state index contributed by atoms with van der Waals surface area (Å²) in [4.78, 5) is 55.7. The molecule has 0 radical (unpaired) electrons. The van der Waals surface area contributed by atoms with Gasteiger partial charge in [-0.25, -0.2) is 54.8 Å². The lowest BCUT2D eigenvalue weighted by molar-refractivity contribution is 1.07. The van der Waals surface area contributed by atoms with E-state index >= 15 is 0 Å². The van der Waals surface area contributed by atoms with Gasteiger partial charge in [-0.2, -0.15) is 0 Å². The van der Waals surface area contributed by atoms with Crippen LogP contribution in [0.2, 0.25) is 0 Å². The molecule has 0 aliphatic carbocycles. The Kier molecular flexibility index (Phi) is 16.4. The average Bonchev–Trinajstić information content (AvgIpc) is 1.57. The van der Waals surface area contributed by atoms with Crippen molar-refractivity contribution in [2.24, 2.45) is 0 Å². The summed E-state index contributed by atoms with van der Waals surface area (Å²) in [5.41, 5.74) is 23.8. The molecule has 13 heteroatoms.